The number of ether oxygens (including phenoxy) is 2. The lowest BCUT2D eigenvalue weighted by Crippen LogP contribution is -2.44. The van der Waals surface area contributed by atoms with Crippen molar-refractivity contribution in [2.45, 2.75) is 25.9 Å². The van der Waals surface area contributed by atoms with E-state index in [0.717, 1.165) is 12.8 Å². The van der Waals surface area contributed by atoms with Gasteiger partial charge in [-0.2, -0.15) is 4.98 Å². The third kappa shape index (κ3) is 3.61. The summed E-state index contributed by atoms with van der Waals surface area (Å²) in [5, 5.41) is 0. The van der Waals surface area contributed by atoms with Crippen LogP contribution < -0.4 is 9.47 Å². The number of amides is 1. The monoisotopic (exact) mass is 328 g/mol. The van der Waals surface area contributed by atoms with Crippen LogP contribution in [0.5, 0.6) is 11.8 Å². The summed E-state index contributed by atoms with van der Waals surface area (Å²) in [6, 6.07) is 5.20. The molecule has 24 heavy (non-hydrogen) atoms. The molecule has 0 N–H and O–H groups in total. The number of nitrogens with zero attached hydrogens (tertiary/aromatic N) is 4. The van der Waals surface area contributed by atoms with E-state index in [4.69, 9.17) is 9.47 Å². The maximum Gasteiger partial charge on any atom is 0.259 e. The van der Waals surface area contributed by atoms with Crippen molar-refractivity contribution >= 4 is 5.91 Å². The average molecular weight is 328 g/mol. The molecule has 1 aliphatic heterocycles. The second-order valence-corrected chi connectivity index (χ2v) is 5.64. The second kappa shape index (κ2) is 7.25. The summed E-state index contributed by atoms with van der Waals surface area (Å²) in [5.74, 6) is 1.46. The number of aryl methyl sites for hydroxylation is 1. The summed E-state index contributed by atoms with van der Waals surface area (Å²) >= 11 is 0. The number of likely N-dealkylation sites (tertiary alicyclic amines) is 1. The van der Waals surface area contributed by atoms with Crippen molar-refractivity contribution in [2.24, 2.45) is 0 Å². The van der Waals surface area contributed by atoms with E-state index in [0.29, 0.717) is 36.2 Å². The molecule has 1 saturated heterocycles. The summed E-state index contributed by atoms with van der Waals surface area (Å²) in [5.41, 5.74) is 0.471. The highest BCUT2D eigenvalue weighted by atomic mass is 16.5. The zero-order valence-corrected chi connectivity index (χ0v) is 13.8. The molecule has 1 unspecified atom stereocenters. The van der Waals surface area contributed by atoms with E-state index < -0.39 is 0 Å². The van der Waals surface area contributed by atoms with E-state index in [2.05, 4.69) is 15.0 Å². The molecule has 0 bridgehead atoms. The molecule has 3 rings (SSSR count). The molecule has 1 amide bonds. The molecule has 0 aromatic carbocycles. The van der Waals surface area contributed by atoms with Crippen LogP contribution in [0.4, 0.5) is 0 Å². The van der Waals surface area contributed by atoms with Gasteiger partial charge in [-0.1, -0.05) is 0 Å². The zero-order valence-electron chi connectivity index (χ0n) is 13.8. The van der Waals surface area contributed by atoms with E-state index in [1.807, 2.05) is 6.92 Å². The van der Waals surface area contributed by atoms with Crippen molar-refractivity contribution < 1.29 is 14.3 Å². The van der Waals surface area contributed by atoms with Crippen LogP contribution in [-0.2, 0) is 0 Å². The van der Waals surface area contributed by atoms with Crippen LogP contribution in [0.2, 0.25) is 0 Å². The number of methoxy groups -OCH3 is 1. The summed E-state index contributed by atoms with van der Waals surface area (Å²) in [6.07, 6.45) is 4.96. The molecule has 7 heteroatoms. The SMILES string of the molecule is COc1ncccc1C(=O)N1CCCC(Oc2ccnc(C)n2)C1. The number of aromatic nitrogens is 3. The third-order valence-electron chi connectivity index (χ3n) is 3.90. The van der Waals surface area contributed by atoms with Crippen molar-refractivity contribution in [1.82, 2.24) is 19.9 Å². The molecule has 0 spiro atoms. The van der Waals surface area contributed by atoms with Gasteiger partial charge < -0.3 is 14.4 Å². The number of carbonyl (C=O) groups excluding carboxylic acids is 1. The summed E-state index contributed by atoms with van der Waals surface area (Å²) in [4.78, 5) is 26.9. The predicted octanol–water partition coefficient (Wildman–Crippen LogP) is 1.87. The first-order valence-electron chi connectivity index (χ1n) is 7.92. The Morgan fingerprint density at radius 2 is 2.17 bits per heavy atom. The van der Waals surface area contributed by atoms with Crippen molar-refractivity contribution in [3.63, 3.8) is 0 Å². The smallest absolute Gasteiger partial charge is 0.259 e. The summed E-state index contributed by atoms with van der Waals surface area (Å²) in [6.45, 7) is 3.03. The minimum absolute atomic E-state index is 0.0836. The van der Waals surface area contributed by atoms with Crippen molar-refractivity contribution in [3.05, 3.63) is 42.0 Å². The van der Waals surface area contributed by atoms with E-state index >= 15 is 0 Å². The second-order valence-electron chi connectivity index (χ2n) is 5.64. The van der Waals surface area contributed by atoms with Crippen LogP contribution in [0.15, 0.2) is 30.6 Å². The van der Waals surface area contributed by atoms with Crippen molar-refractivity contribution in [3.8, 4) is 11.8 Å². The lowest BCUT2D eigenvalue weighted by Gasteiger charge is -2.32. The van der Waals surface area contributed by atoms with Gasteiger partial charge in [0.15, 0.2) is 0 Å². The zero-order chi connectivity index (χ0) is 16.9. The average Bonchev–Trinajstić information content (AvgIpc) is 2.61. The molecule has 2 aromatic rings. The number of pyridine rings is 1. The molecule has 3 heterocycles. The Balaban J connectivity index is 1.70. The number of hydrogen-bond acceptors (Lipinski definition) is 6. The first-order chi connectivity index (χ1) is 11.7. The molecule has 7 nitrogen and oxygen atoms in total. The molecule has 2 aromatic heterocycles. The minimum Gasteiger partial charge on any atom is -0.480 e. The molecule has 126 valence electrons. The maximum atomic E-state index is 12.8. The van der Waals surface area contributed by atoms with Crippen molar-refractivity contribution in [2.75, 3.05) is 20.2 Å². The normalized spacial score (nSPS) is 17.4. The fraction of sp³-hybridized carbons (Fsp3) is 0.412. The van der Waals surface area contributed by atoms with Gasteiger partial charge in [0.05, 0.1) is 13.7 Å². The lowest BCUT2D eigenvalue weighted by atomic mass is 10.1. The minimum atomic E-state index is -0.0906. The first kappa shape index (κ1) is 16.2. The highest BCUT2D eigenvalue weighted by Gasteiger charge is 2.27. The Bertz CT molecular complexity index is 722. The third-order valence-corrected chi connectivity index (χ3v) is 3.90. The number of carbonyl (C=O) groups is 1. The van der Waals surface area contributed by atoms with Crippen LogP contribution in [0.1, 0.15) is 29.0 Å². The molecular formula is C17H20N4O3. The molecule has 0 radical (unpaired) electrons. The quantitative estimate of drug-likeness (QED) is 0.853. The lowest BCUT2D eigenvalue weighted by molar-refractivity contribution is 0.0523. The molecular weight excluding hydrogens is 308 g/mol. The fourth-order valence-electron chi connectivity index (χ4n) is 2.78. The Kier molecular flexibility index (Phi) is 4.88. The Morgan fingerprint density at radius 1 is 1.29 bits per heavy atom. The van der Waals surface area contributed by atoms with Gasteiger partial charge in [-0.3, -0.25) is 4.79 Å². The summed E-state index contributed by atoms with van der Waals surface area (Å²) in [7, 11) is 1.51. The van der Waals surface area contributed by atoms with E-state index in [1.165, 1.54) is 7.11 Å². The number of rotatable bonds is 4. The molecule has 1 aliphatic rings. The summed E-state index contributed by atoms with van der Waals surface area (Å²) < 4.78 is 11.1. The van der Waals surface area contributed by atoms with Gasteiger partial charge in [-0.05, 0) is 31.9 Å². The fourth-order valence-corrected chi connectivity index (χ4v) is 2.78. The molecule has 1 atom stereocenters. The predicted molar refractivity (Wildman–Crippen MR) is 87.1 cm³/mol. The van der Waals surface area contributed by atoms with Crippen LogP contribution in [-0.4, -0.2) is 52.1 Å². The molecule has 1 fully saturated rings. The van der Waals surface area contributed by atoms with Crippen molar-refractivity contribution in [1.29, 1.82) is 0 Å². The Labute approximate surface area is 140 Å². The van der Waals surface area contributed by atoms with Gasteiger partial charge in [0.25, 0.3) is 5.91 Å². The highest BCUT2D eigenvalue weighted by molar-refractivity contribution is 5.96. The Hall–Kier alpha value is -2.70. The van der Waals surface area contributed by atoms with Gasteiger partial charge in [-0.15, -0.1) is 0 Å². The van der Waals surface area contributed by atoms with Gasteiger partial charge in [0.1, 0.15) is 17.5 Å². The van der Waals surface area contributed by atoms with E-state index in [-0.39, 0.29) is 12.0 Å². The molecule has 0 aliphatic carbocycles. The number of hydrogen-bond donors (Lipinski definition) is 0. The van der Waals surface area contributed by atoms with E-state index in [1.54, 1.807) is 35.5 Å². The van der Waals surface area contributed by atoms with Gasteiger partial charge >= 0.3 is 0 Å². The maximum absolute atomic E-state index is 12.8. The standard InChI is InChI=1S/C17H20N4O3/c1-12-18-9-7-15(20-12)24-13-5-4-10-21(11-13)17(22)14-6-3-8-19-16(14)23-2/h3,6-9,13H,4-5,10-11H2,1-2H3. The largest absolute Gasteiger partial charge is 0.480 e. The van der Waals surface area contributed by atoms with E-state index in [9.17, 15) is 4.79 Å². The number of piperidine rings is 1. The van der Waals surface area contributed by atoms with Crippen LogP contribution in [0.25, 0.3) is 0 Å². The van der Waals surface area contributed by atoms with Gasteiger partial charge in [0, 0.05) is 25.0 Å². The first-order valence-corrected chi connectivity index (χ1v) is 7.92. The topological polar surface area (TPSA) is 77.4 Å². The van der Waals surface area contributed by atoms with Crippen LogP contribution in [0.3, 0.4) is 0 Å². The highest BCUT2D eigenvalue weighted by Crippen LogP contribution is 2.21. The van der Waals surface area contributed by atoms with Crippen LogP contribution >= 0.6 is 0 Å². The molecule has 0 saturated carbocycles. The van der Waals surface area contributed by atoms with Gasteiger partial charge in [0.2, 0.25) is 11.8 Å². The van der Waals surface area contributed by atoms with Gasteiger partial charge in [-0.25, -0.2) is 9.97 Å². The van der Waals surface area contributed by atoms with Crippen LogP contribution in [0, 0.1) is 6.92 Å². The Morgan fingerprint density at radius 3 is 2.96 bits per heavy atom.